The van der Waals surface area contributed by atoms with E-state index in [1.807, 2.05) is 43.3 Å². The van der Waals surface area contributed by atoms with E-state index < -0.39 is 0 Å². The Bertz CT molecular complexity index is 679. The van der Waals surface area contributed by atoms with E-state index in [9.17, 15) is 9.59 Å². The van der Waals surface area contributed by atoms with Crippen LogP contribution in [-0.4, -0.2) is 25.9 Å². The Morgan fingerprint density at radius 2 is 1.55 bits per heavy atom. The van der Waals surface area contributed by atoms with Crippen molar-refractivity contribution in [2.45, 2.75) is 6.92 Å². The molecule has 2 rings (SSSR count). The first-order chi connectivity index (χ1) is 10.5. The summed E-state index contributed by atoms with van der Waals surface area (Å²) in [6, 6.07) is 14.4. The minimum Gasteiger partial charge on any atom is -0.376 e. The molecule has 0 saturated carbocycles. The Kier molecular flexibility index (Phi) is 4.78. The van der Waals surface area contributed by atoms with Crippen molar-refractivity contribution in [3.8, 4) is 0 Å². The maximum Gasteiger partial charge on any atom is 0.255 e. The first kappa shape index (κ1) is 15.6. The van der Waals surface area contributed by atoms with Gasteiger partial charge < -0.3 is 15.5 Å². The Hall–Kier alpha value is -2.82. The molecule has 0 atom stereocenters. The van der Waals surface area contributed by atoms with Crippen LogP contribution in [0.2, 0.25) is 0 Å². The van der Waals surface area contributed by atoms with Gasteiger partial charge in [0.15, 0.2) is 0 Å². The molecule has 0 radical (unpaired) electrons. The van der Waals surface area contributed by atoms with Gasteiger partial charge >= 0.3 is 0 Å². The van der Waals surface area contributed by atoms with Crippen LogP contribution in [0, 0.1) is 0 Å². The molecule has 5 nitrogen and oxygen atoms in total. The third-order valence-electron chi connectivity index (χ3n) is 3.10. The number of para-hydroxylation sites is 2. The van der Waals surface area contributed by atoms with Crippen molar-refractivity contribution in [2.75, 3.05) is 29.6 Å². The van der Waals surface area contributed by atoms with Crippen molar-refractivity contribution in [1.82, 2.24) is 0 Å². The predicted octanol–water partition coefficient (Wildman–Crippen LogP) is 2.96. The normalized spacial score (nSPS) is 9.95. The van der Waals surface area contributed by atoms with Crippen molar-refractivity contribution in [3.05, 3.63) is 54.1 Å². The fourth-order valence-corrected chi connectivity index (χ4v) is 2.07. The molecule has 0 aliphatic heterocycles. The maximum absolute atomic E-state index is 12.3. The van der Waals surface area contributed by atoms with E-state index in [0.29, 0.717) is 11.3 Å². The van der Waals surface area contributed by atoms with Crippen LogP contribution in [0.25, 0.3) is 0 Å². The van der Waals surface area contributed by atoms with Crippen LogP contribution in [0.4, 0.5) is 17.1 Å². The molecule has 0 saturated heterocycles. The molecule has 0 fully saturated rings. The highest BCUT2D eigenvalue weighted by atomic mass is 16.2. The summed E-state index contributed by atoms with van der Waals surface area (Å²) in [5.74, 6) is -0.333. The van der Waals surface area contributed by atoms with Gasteiger partial charge in [0.05, 0.1) is 11.4 Å². The number of benzene rings is 2. The quantitative estimate of drug-likeness (QED) is 0.912. The highest BCUT2D eigenvalue weighted by molar-refractivity contribution is 6.06. The molecule has 0 aliphatic rings. The minimum absolute atomic E-state index is 0.142. The Morgan fingerprint density at radius 1 is 0.909 bits per heavy atom. The van der Waals surface area contributed by atoms with E-state index in [-0.39, 0.29) is 11.8 Å². The van der Waals surface area contributed by atoms with Crippen LogP contribution in [0.3, 0.4) is 0 Å². The molecule has 0 aliphatic carbocycles. The van der Waals surface area contributed by atoms with Crippen molar-refractivity contribution in [3.63, 3.8) is 0 Å². The summed E-state index contributed by atoms with van der Waals surface area (Å²) in [6.45, 7) is 1.44. The van der Waals surface area contributed by atoms with Crippen LogP contribution in [0.5, 0.6) is 0 Å². The van der Waals surface area contributed by atoms with Gasteiger partial charge in [0.2, 0.25) is 5.91 Å². The van der Waals surface area contributed by atoms with E-state index >= 15 is 0 Å². The summed E-state index contributed by atoms with van der Waals surface area (Å²) in [6.07, 6.45) is 0. The molecule has 0 heterocycles. The van der Waals surface area contributed by atoms with Gasteiger partial charge in [-0.1, -0.05) is 12.1 Å². The molecule has 0 bridgehead atoms. The van der Waals surface area contributed by atoms with E-state index in [1.165, 1.54) is 6.92 Å². The van der Waals surface area contributed by atoms with E-state index in [1.54, 1.807) is 24.3 Å². The predicted molar refractivity (Wildman–Crippen MR) is 89.5 cm³/mol. The lowest BCUT2D eigenvalue weighted by atomic mass is 10.1. The molecule has 2 aromatic rings. The summed E-state index contributed by atoms with van der Waals surface area (Å²) >= 11 is 0. The summed E-state index contributed by atoms with van der Waals surface area (Å²) in [7, 11) is 3.85. The van der Waals surface area contributed by atoms with Crippen molar-refractivity contribution >= 4 is 28.9 Å². The third-order valence-corrected chi connectivity index (χ3v) is 3.10. The first-order valence-electron chi connectivity index (χ1n) is 6.92. The molecule has 2 N–H and O–H groups in total. The van der Waals surface area contributed by atoms with E-state index in [2.05, 4.69) is 10.6 Å². The van der Waals surface area contributed by atoms with Crippen LogP contribution < -0.4 is 15.5 Å². The van der Waals surface area contributed by atoms with Crippen LogP contribution >= 0.6 is 0 Å². The summed E-state index contributed by atoms with van der Waals surface area (Å²) in [4.78, 5) is 25.2. The van der Waals surface area contributed by atoms with Gasteiger partial charge in [-0.25, -0.2) is 0 Å². The van der Waals surface area contributed by atoms with Crippen molar-refractivity contribution in [1.29, 1.82) is 0 Å². The van der Waals surface area contributed by atoms with Gasteiger partial charge in [-0.2, -0.15) is 0 Å². The molecule has 0 aromatic heterocycles. The zero-order valence-corrected chi connectivity index (χ0v) is 12.9. The maximum atomic E-state index is 12.3. The molecule has 0 spiro atoms. The summed E-state index contributed by atoms with van der Waals surface area (Å²) in [5.41, 5.74) is 2.88. The Labute approximate surface area is 129 Å². The highest BCUT2D eigenvalue weighted by Gasteiger charge is 2.10. The molecule has 5 heteroatoms. The number of amides is 2. The topological polar surface area (TPSA) is 61.4 Å². The van der Waals surface area contributed by atoms with Gasteiger partial charge in [-0.05, 0) is 36.4 Å². The van der Waals surface area contributed by atoms with Gasteiger partial charge in [0.25, 0.3) is 5.91 Å². The molecule has 114 valence electrons. The first-order valence-corrected chi connectivity index (χ1v) is 6.92. The summed E-state index contributed by atoms with van der Waals surface area (Å²) in [5, 5.41) is 5.57. The van der Waals surface area contributed by atoms with Crippen LogP contribution in [0.15, 0.2) is 48.5 Å². The Balaban J connectivity index is 2.14. The van der Waals surface area contributed by atoms with Crippen LogP contribution in [0.1, 0.15) is 17.3 Å². The number of carbonyl (C=O) groups excluding carboxylic acids is 2. The molecule has 2 amide bonds. The standard InChI is InChI=1S/C17H19N3O2/c1-12(21)18-14-10-8-13(9-11-14)17(22)19-15-6-4-5-7-16(15)20(2)3/h4-11H,1-3H3,(H,18,21)(H,19,22). The average molecular weight is 297 g/mol. The zero-order valence-electron chi connectivity index (χ0n) is 12.9. The second-order valence-electron chi connectivity index (χ2n) is 5.12. The number of nitrogens with zero attached hydrogens (tertiary/aromatic N) is 1. The van der Waals surface area contributed by atoms with Gasteiger partial charge in [-0.15, -0.1) is 0 Å². The second kappa shape index (κ2) is 6.76. The van der Waals surface area contributed by atoms with Gasteiger partial charge in [0, 0.05) is 32.3 Å². The molecular formula is C17H19N3O2. The van der Waals surface area contributed by atoms with E-state index in [4.69, 9.17) is 0 Å². The molecular weight excluding hydrogens is 278 g/mol. The largest absolute Gasteiger partial charge is 0.376 e. The van der Waals surface area contributed by atoms with Crippen molar-refractivity contribution in [2.24, 2.45) is 0 Å². The lowest BCUT2D eigenvalue weighted by Gasteiger charge is -2.17. The van der Waals surface area contributed by atoms with Crippen LogP contribution in [-0.2, 0) is 4.79 Å². The lowest BCUT2D eigenvalue weighted by molar-refractivity contribution is -0.114. The SMILES string of the molecule is CC(=O)Nc1ccc(C(=O)Nc2ccccc2N(C)C)cc1. The number of hydrogen-bond acceptors (Lipinski definition) is 3. The van der Waals surface area contributed by atoms with Crippen molar-refractivity contribution < 1.29 is 9.59 Å². The van der Waals surface area contributed by atoms with Gasteiger partial charge in [-0.3, -0.25) is 9.59 Å². The minimum atomic E-state index is -0.191. The smallest absolute Gasteiger partial charge is 0.255 e. The summed E-state index contributed by atoms with van der Waals surface area (Å²) < 4.78 is 0. The second-order valence-corrected chi connectivity index (χ2v) is 5.12. The highest BCUT2D eigenvalue weighted by Crippen LogP contribution is 2.24. The number of hydrogen-bond donors (Lipinski definition) is 2. The Morgan fingerprint density at radius 3 is 2.14 bits per heavy atom. The fourth-order valence-electron chi connectivity index (χ4n) is 2.07. The number of nitrogens with one attached hydrogen (secondary N) is 2. The zero-order chi connectivity index (χ0) is 16.1. The molecule has 22 heavy (non-hydrogen) atoms. The molecule has 2 aromatic carbocycles. The van der Waals surface area contributed by atoms with E-state index in [0.717, 1.165) is 11.4 Å². The number of anilines is 3. The molecule has 0 unspecified atom stereocenters. The van der Waals surface area contributed by atoms with Gasteiger partial charge in [0.1, 0.15) is 0 Å². The average Bonchev–Trinajstić information content (AvgIpc) is 2.47. The number of rotatable bonds is 4. The fraction of sp³-hybridized carbons (Fsp3) is 0.176. The third kappa shape index (κ3) is 3.85. The number of carbonyl (C=O) groups is 2. The monoisotopic (exact) mass is 297 g/mol. The lowest BCUT2D eigenvalue weighted by Crippen LogP contribution is -2.16.